The highest BCUT2D eigenvalue weighted by Gasteiger charge is 2.35. The zero-order chi connectivity index (χ0) is 19.7. The first-order valence-corrected chi connectivity index (χ1v) is 9.30. The number of carbonyl (C=O) groups excluding carboxylic acids is 2. The fraction of sp³-hybridized carbons (Fsp3) is 0.368. The number of hydrogen-bond acceptors (Lipinski definition) is 6. The molecule has 8 nitrogen and oxygen atoms in total. The molecule has 1 fully saturated rings. The van der Waals surface area contributed by atoms with Crippen LogP contribution in [0.25, 0.3) is 0 Å². The van der Waals surface area contributed by atoms with E-state index in [-0.39, 0.29) is 29.7 Å². The smallest absolute Gasteiger partial charge is 0.232 e. The third-order valence-corrected chi connectivity index (χ3v) is 5.05. The lowest BCUT2D eigenvalue weighted by molar-refractivity contribution is -0.123. The number of nitrogens with two attached hydrogens (primary N) is 1. The first kappa shape index (κ1) is 18.1. The predicted molar refractivity (Wildman–Crippen MR) is 104 cm³/mol. The van der Waals surface area contributed by atoms with E-state index in [4.69, 9.17) is 5.73 Å². The molecule has 2 amide bonds. The first-order chi connectivity index (χ1) is 13.5. The number of nitrogen functional groups attached to an aromatic ring is 1. The molecular formula is C19H21FN6O2. The van der Waals surface area contributed by atoms with Gasteiger partial charge in [0.15, 0.2) is 0 Å². The Morgan fingerprint density at radius 1 is 1.21 bits per heavy atom. The van der Waals surface area contributed by atoms with Crippen LogP contribution in [0.2, 0.25) is 0 Å². The van der Waals surface area contributed by atoms with Gasteiger partial charge in [-0.3, -0.25) is 9.59 Å². The molecule has 0 aliphatic carbocycles. The second kappa shape index (κ2) is 7.41. The van der Waals surface area contributed by atoms with Crippen molar-refractivity contribution in [2.24, 2.45) is 0 Å². The molecule has 0 radical (unpaired) electrons. The van der Waals surface area contributed by atoms with Gasteiger partial charge >= 0.3 is 0 Å². The minimum absolute atomic E-state index is 0.0458. The molecule has 1 saturated heterocycles. The lowest BCUT2D eigenvalue weighted by Gasteiger charge is -2.30. The topological polar surface area (TPSA) is 113 Å². The van der Waals surface area contributed by atoms with Gasteiger partial charge in [0, 0.05) is 19.5 Å². The summed E-state index contributed by atoms with van der Waals surface area (Å²) < 4.78 is 13.9. The fourth-order valence-electron chi connectivity index (χ4n) is 3.63. The molecule has 1 aromatic heterocycles. The van der Waals surface area contributed by atoms with Crippen LogP contribution in [0, 0.1) is 5.82 Å². The molecule has 2 aliphatic heterocycles. The van der Waals surface area contributed by atoms with Crippen molar-refractivity contribution in [3.8, 4) is 0 Å². The largest absolute Gasteiger partial charge is 0.383 e. The van der Waals surface area contributed by atoms with Crippen molar-refractivity contribution in [1.29, 1.82) is 0 Å². The zero-order valence-corrected chi connectivity index (χ0v) is 15.2. The number of rotatable bonds is 3. The molecule has 1 unspecified atom stereocenters. The molecule has 0 bridgehead atoms. The van der Waals surface area contributed by atoms with E-state index in [2.05, 4.69) is 20.6 Å². The summed E-state index contributed by atoms with van der Waals surface area (Å²) in [6.07, 6.45) is 3.14. The van der Waals surface area contributed by atoms with Crippen LogP contribution in [-0.4, -0.2) is 34.9 Å². The van der Waals surface area contributed by atoms with E-state index >= 15 is 0 Å². The van der Waals surface area contributed by atoms with Gasteiger partial charge in [-0.25, -0.2) is 4.39 Å². The van der Waals surface area contributed by atoms with Crippen LogP contribution in [0.1, 0.15) is 37.2 Å². The number of piperidine rings is 1. The normalized spacial score (nSPS) is 19.0. The van der Waals surface area contributed by atoms with Gasteiger partial charge in [0.25, 0.3) is 0 Å². The minimum atomic E-state index is -0.890. The fourth-order valence-corrected chi connectivity index (χ4v) is 3.63. The number of anilines is 4. The summed E-state index contributed by atoms with van der Waals surface area (Å²) in [6, 6.07) is 5.85. The monoisotopic (exact) mass is 384 g/mol. The van der Waals surface area contributed by atoms with E-state index in [0.717, 1.165) is 32.4 Å². The Morgan fingerprint density at radius 3 is 2.71 bits per heavy atom. The van der Waals surface area contributed by atoms with Crippen molar-refractivity contribution in [2.75, 3.05) is 34.4 Å². The summed E-state index contributed by atoms with van der Waals surface area (Å²) in [4.78, 5) is 35.8. The molecule has 2 aliphatic rings. The molecule has 4 N–H and O–H groups in total. The van der Waals surface area contributed by atoms with Crippen LogP contribution in [-0.2, 0) is 9.59 Å². The van der Waals surface area contributed by atoms with Crippen LogP contribution in [0.5, 0.6) is 0 Å². The standard InChI is InChI=1S/C19H21FN6O2/c20-12-6-2-3-7-13(12)22-18(28)11-10-14(27)23-17-15(11)16(21)24-19(25-17)26-8-4-1-5-9-26/h2-3,6-7,11H,1,4-5,8-10H2,(H,22,28)(H3,21,23,24,25,27). The Balaban J connectivity index is 1.65. The maximum absolute atomic E-state index is 13.9. The van der Waals surface area contributed by atoms with Crippen molar-refractivity contribution in [3.63, 3.8) is 0 Å². The lowest BCUT2D eigenvalue weighted by Crippen LogP contribution is -2.35. The molecule has 9 heteroatoms. The Kier molecular flexibility index (Phi) is 4.81. The Bertz CT molecular complexity index is 929. The Labute approximate surface area is 161 Å². The second-order valence-electron chi connectivity index (χ2n) is 6.99. The summed E-state index contributed by atoms with van der Waals surface area (Å²) in [5, 5.41) is 5.22. The Morgan fingerprint density at radius 2 is 1.96 bits per heavy atom. The number of nitrogens with one attached hydrogen (secondary N) is 2. The molecule has 28 heavy (non-hydrogen) atoms. The summed E-state index contributed by atoms with van der Waals surface area (Å²) in [5.41, 5.74) is 6.58. The van der Waals surface area contributed by atoms with Crippen molar-refractivity contribution in [2.45, 2.75) is 31.6 Å². The van der Waals surface area contributed by atoms with Gasteiger partial charge in [-0.05, 0) is 31.4 Å². The minimum Gasteiger partial charge on any atom is -0.383 e. The average molecular weight is 384 g/mol. The van der Waals surface area contributed by atoms with Crippen molar-refractivity contribution >= 4 is 35.1 Å². The summed E-state index contributed by atoms with van der Waals surface area (Å²) in [6.45, 7) is 1.65. The number of halogens is 1. The zero-order valence-electron chi connectivity index (χ0n) is 15.2. The van der Waals surface area contributed by atoms with Gasteiger partial charge in [0.05, 0.1) is 17.2 Å². The highest BCUT2D eigenvalue weighted by Crippen LogP contribution is 2.37. The number of amides is 2. The van der Waals surface area contributed by atoms with Crippen LogP contribution in [0.3, 0.4) is 0 Å². The SMILES string of the molecule is Nc1nc(N2CCCCC2)nc2c1C(C(=O)Nc1ccccc1F)CC(=O)N2. The van der Waals surface area contributed by atoms with E-state index in [1.165, 1.54) is 18.2 Å². The number of hydrogen-bond donors (Lipinski definition) is 3. The van der Waals surface area contributed by atoms with Crippen LogP contribution in [0.4, 0.5) is 27.7 Å². The van der Waals surface area contributed by atoms with Gasteiger partial charge in [-0.15, -0.1) is 0 Å². The number of para-hydroxylation sites is 1. The van der Waals surface area contributed by atoms with Gasteiger partial charge in [-0.1, -0.05) is 12.1 Å². The highest BCUT2D eigenvalue weighted by molar-refractivity contribution is 6.05. The quantitative estimate of drug-likeness (QED) is 0.748. The lowest BCUT2D eigenvalue weighted by atomic mass is 9.92. The predicted octanol–water partition coefficient (Wildman–Crippen LogP) is 2.25. The number of fused-ring (bicyclic) bond motifs is 1. The average Bonchev–Trinajstić information content (AvgIpc) is 2.69. The third kappa shape index (κ3) is 3.47. The van der Waals surface area contributed by atoms with Crippen LogP contribution >= 0.6 is 0 Å². The van der Waals surface area contributed by atoms with E-state index in [1.54, 1.807) is 6.07 Å². The van der Waals surface area contributed by atoms with E-state index in [1.807, 2.05) is 4.90 Å². The molecule has 4 rings (SSSR count). The van der Waals surface area contributed by atoms with Crippen molar-refractivity contribution < 1.29 is 14.0 Å². The number of carbonyl (C=O) groups is 2. The van der Waals surface area contributed by atoms with Crippen molar-refractivity contribution in [1.82, 2.24) is 9.97 Å². The van der Waals surface area contributed by atoms with Crippen LogP contribution in [0.15, 0.2) is 24.3 Å². The molecule has 1 atom stereocenters. The van der Waals surface area contributed by atoms with E-state index in [9.17, 15) is 14.0 Å². The van der Waals surface area contributed by atoms with Crippen molar-refractivity contribution in [3.05, 3.63) is 35.6 Å². The highest BCUT2D eigenvalue weighted by atomic mass is 19.1. The maximum atomic E-state index is 13.9. The van der Waals surface area contributed by atoms with Gasteiger partial charge in [-0.2, -0.15) is 9.97 Å². The van der Waals surface area contributed by atoms with E-state index in [0.29, 0.717) is 11.5 Å². The molecule has 3 heterocycles. The molecule has 0 saturated carbocycles. The van der Waals surface area contributed by atoms with Gasteiger partial charge in [0.1, 0.15) is 17.5 Å². The number of benzene rings is 1. The van der Waals surface area contributed by atoms with Gasteiger partial charge in [0.2, 0.25) is 17.8 Å². The van der Waals surface area contributed by atoms with Crippen LogP contribution < -0.4 is 21.3 Å². The third-order valence-electron chi connectivity index (χ3n) is 5.05. The molecule has 0 spiro atoms. The first-order valence-electron chi connectivity index (χ1n) is 9.30. The summed E-state index contributed by atoms with van der Waals surface area (Å²) in [7, 11) is 0. The number of aromatic nitrogens is 2. The summed E-state index contributed by atoms with van der Waals surface area (Å²) >= 11 is 0. The Hall–Kier alpha value is -3.23. The molecular weight excluding hydrogens is 363 g/mol. The summed E-state index contributed by atoms with van der Waals surface area (Å²) in [5.74, 6) is -1.46. The molecule has 2 aromatic rings. The maximum Gasteiger partial charge on any atom is 0.232 e. The van der Waals surface area contributed by atoms with E-state index < -0.39 is 17.6 Å². The molecule has 1 aromatic carbocycles. The van der Waals surface area contributed by atoms with Gasteiger partial charge < -0.3 is 21.3 Å². The second-order valence-corrected chi connectivity index (χ2v) is 6.99. The molecule has 146 valence electrons. The number of nitrogens with zero attached hydrogens (tertiary/aromatic N) is 3.